The summed E-state index contributed by atoms with van der Waals surface area (Å²) in [5.74, 6) is 0.777. The minimum atomic E-state index is -0.481. The van der Waals surface area contributed by atoms with E-state index in [4.69, 9.17) is 4.74 Å². The molecule has 1 aromatic carbocycles. The number of unbranched alkanes of at least 4 members (excludes halogenated alkanes) is 13. The monoisotopic (exact) mass is 495 g/mol. The quantitative estimate of drug-likeness (QED) is 0.207. The van der Waals surface area contributed by atoms with Gasteiger partial charge < -0.3 is 10.1 Å². The van der Waals surface area contributed by atoms with E-state index in [0.29, 0.717) is 0 Å². The summed E-state index contributed by atoms with van der Waals surface area (Å²) in [5.41, 5.74) is 2.08. The van der Waals surface area contributed by atoms with Gasteiger partial charge in [0.25, 0.3) is 5.91 Å². The molecule has 0 radical (unpaired) electrons. The lowest BCUT2D eigenvalue weighted by atomic mass is 10.0. The van der Waals surface area contributed by atoms with Crippen LogP contribution in [0.5, 0.6) is 5.75 Å². The van der Waals surface area contributed by atoms with Crippen molar-refractivity contribution in [2.45, 2.75) is 124 Å². The summed E-state index contributed by atoms with van der Waals surface area (Å²) >= 11 is 3.50. The van der Waals surface area contributed by atoms with Crippen molar-refractivity contribution in [3.63, 3.8) is 0 Å². The molecule has 0 aliphatic carbocycles. The zero-order chi connectivity index (χ0) is 22.9. The molecule has 1 N–H and O–H groups in total. The molecule has 0 spiro atoms. The van der Waals surface area contributed by atoms with Gasteiger partial charge in [-0.1, -0.05) is 106 Å². The Balaban J connectivity index is 1.99. The summed E-state index contributed by atoms with van der Waals surface area (Å²) in [5, 5.41) is 3.02. The summed E-state index contributed by atoms with van der Waals surface area (Å²) in [7, 11) is 0. The van der Waals surface area contributed by atoms with Crippen LogP contribution in [0.4, 0.5) is 0 Å². The predicted molar refractivity (Wildman–Crippen MR) is 137 cm³/mol. The molecular weight excluding hydrogens is 450 g/mol. The molecule has 1 amide bonds. The second-order valence-corrected chi connectivity index (χ2v) is 9.93. The molecule has 0 aliphatic heterocycles. The van der Waals surface area contributed by atoms with Crippen LogP contribution < -0.4 is 10.1 Å². The Morgan fingerprint density at radius 2 is 1.26 bits per heavy atom. The van der Waals surface area contributed by atoms with Crippen molar-refractivity contribution in [2.75, 3.05) is 6.54 Å². The van der Waals surface area contributed by atoms with Crippen LogP contribution in [-0.4, -0.2) is 18.6 Å². The molecule has 0 bridgehead atoms. The lowest BCUT2D eigenvalue weighted by Gasteiger charge is -2.18. The fourth-order valence-corrected chi connectivity index (χ4v) is 4.68. The molecule has 0 fully saturated rings. The first kappa shape index (κ1) is 28.0. The summed E-state index contributed by atoms with van der Waals surface area (Å²) in [6, 6.07) is 4.03. The van der Waals surface area contributed by atoms with E-state index in [1.807, 2.05) is 32.9 Å². The molecule has 1 rings (SSSR count). The maximum Gasteiger partial charge on any atom is 0.260 e. The van der Waals surface area contributed by atoms with Crippen molar-refractivity contribution in [3.05, 3.63) is 27.7 Å². The first-order valence-electron chi connectivity index (χ1n) is 12.7. The molecule has 3 nitrogen and oxygen atoms in total. The molecular formula is C27H46BrNO2. The summed E-state index contributed by atoms with van der Waals surface area (Å²) in [6.45, 7) is 8.85. The molecule has 1 aromatic rings. The Kier molecular flexibility index (Phi) is 15.8. The third kappa shape index (κ3) is 13.2. The van der Waals surface area contributed by atoms with Gasteiger partial charge in [-0.2, -0.15) is 0 Å². The van der Waals surface area contributed by atoms with Gasteiger partial charge in [-0.3, -0.25) is 4.79 Å². The van der Waals surface area contributed by atoms with Crippen LogP contribution in [0.1, 0.15) is 115 Å². The Hall–Kier alpha value is -1.03. The highest BCUT2D eigenvalue weighted by molar-refractivity contribution is 9.10. The molecule has 178 valence electrons. The lowest BCUT2D eigenvalue weighted by Crippen LogP contribution is -2.37. The van der Waals surface area contributed by atoms with Crippen molar-refractivity contribution in [3.8, 4) is 5.75 Å². The van der Waals surface area contributed by atoms with E-state index in [0.717, 1.165) is 34.3 Å². The van der Waals surface area contributed by atoms with E-state index in [1.165, 1.54) is 83.5 Å². The molecule has 4 heteroatoms. The van der Waals surface area contributed by atoms with E-state index in [-0.39, 0.29) is 5.91 Å². The number of ether oxygens (including phenoxy) is 1. The molecule has 0 saturated carbocycles. The van der Waals surface area contributed by atoms with Crippen LogP contribution >= 0.6 is 15.9 Å². The van der Waals surface area contributed by atoms with Gasteiger partial charge in [0.15, 0.2) is 6.10 Å². The highest BCUT2D eigenvalue weighted by Gasteiger charge is 2.16. The number of amides is 1. The Bertz CT molecular complexity index is 594. The Labute approximate surface area is 200 Å². The smallest absolute Gasteiger partial charge is 0.260 e. The summed E-state index contributed by atoms with van der Waals surface area (Å²) in [4.78, 5) is 12.3. The third-order valence-corrected chi connectivity index (χ3v) is 6.38. The number of carbonyl (C=O) groups excluding carboxylic acids is 1. The van der Waals surface area contributed by atoms with Gasteiger partial charge in [0.05, 0.1) is 0 Å². The number of rotatable bonds is 18. The predicted octanol–water partition coefficient (Wildman–Crippen LogP) is 8.43. The van der Waals surface area contributed by atoms with Crippen molar-refractivity contribution >= 4 is 21.8 Å². The van der Waals surface area contributed by atoms with Gasteiger partial charge in [0.1, 0.15) is 5.75 Å². The Morgan fingerprint density at radius 1 is 0.839 bits per heavy atom. The molecule has 0 aromatic heterocycles. The average molecular weight is 497 g/mol. The molecule has 1 unspecified atom stereocenters. The van der Waals surface area contributed by atoms with E-state index in [2.05, 4.69) is 28.2 Å². The second kappa shape index (κ2) is 17.5. The fourth-order valence-electron chi connectivity index (χ4n) is 3.99. The van der Waals surface area contributed by atoms with E-state index >= 15 is 0 Å². The van der Waals surface area contributed by atoms with Crippen LogP contribution in [0.3, 0.4) is 0 Å². The molecule has 0 saturated heterocycles. The van der Waals surface area contributed by atoms with Crippen molar-refractivity contribution < 1.29 is 9.53 Å². The van der Waals surface area contributed by atoms with Gasteiger partial charge in [-0.25, -0.2) is 0 Å². The zero-order valence-corrected chi connectivity index (χ0v) is 22.1. The fraction of sp³-hybridized carbons (Fsp3) is 0.741. The molecule has 31 heavy (non-hydrogen) atoms. The SMILES string of the molecule is CCCCCCCCCCCCCCCCNC(=O)C(C)Oc1c(C)cc(Br)cc1C. The van der Waals surface area contributed by atoms with Crippen molar-refractivity contribution in [2.24, 2.45) is 0 Å². The van der Waals surface area contributed by atoms with Gasteiger partial charge in [-0.05, 0) is 50.5 Å². The van der Waals surface area contributed by atoms with Crippen LogP contribution in [0.25, 0.3) is 0 Å². The zero-order valence-electron chi connectivity index (χ0n) is 20.5. The van der Waals surface area contributed by atoms with Gasteiger partial charge in [-0.15, -0.1) is 0 Å². The van der Waals surface area contributed by atoms with E-state index < -0.39 is 6.10 Å². The number of halogens is 1. The minimum absolute atomic E-state index is 0.0311. The Morgan fingerprint density at radius 3 is 1.71 bits per heavy atom. The number of aryl methyl sites for hydroxylation is 2. The largest absolute Gasteiger partial charge is 0.480 e. The average Bonchev–Trinajstić information content (AvgIpc) is 2.73. The van der Waals surface area contributed by atoms with Crippen molar-refractivity contribution in [1.29, 1.82) is 0 Å². The lowest BCUT2D eigenvalue weighted by molar-refractivity contribution is -0.127. The highest BCUT2D eigenvalue weighted by Crippen LogP contribution is 2.28. The number of benzene rings is 1. The summed E-state index contributed by atoms with van der Waals surface area (Å²) in [6.07, 6.45) is 18.4. The van der Waals surface area contributed by atoms with Crippen LogP contribution in [0, 0.1) is 13.8 Å². The molecule has 1 atom stereocenters. The first-order chi connectivity index (χ1) is 15.0. The minimum Gasteiger partial charge on any atom is -0.480 e. The van der Waals surface area contributed by atoms with Gasteiger partial charge in [0, 0.05) is 11.0 Å². The standard InChI is InChI=1S/C27H46BrNO2/c1-5-6-7-8-9-10-11-12-13-14-15-16-17-18-19-29-27(30)24(4)31-26-22(2)20-25(28)21-23(26)3/h20-21,24H,5-19H2,1-4H3,(H,29,30). The molecule has 0 aliphatic rings. The number of hydrogen-bond donors (Lipinski definition) is 1. The summed E-state index contributed by atoms with van der Waals surface area (Å²) < 4.78 is 6.97. The van der Waals surface area contributed by atoms with Gasteiger partial charge >= 0.3 is 0 Å². The molecule has 0 heterocycles. The van der Waals surface area contributed by atoms with Crippen LogP contribution in [0.15, 0.2) is 16.6 Å². The maximum atomic E-state index is 12.3. The number of hydrogen-bond acceptors (Lipinski definition) is 2. The van der Waals surface area contributed by atoms with Crippen LogP contribution in [-0.2, 0) is 4.79 Å². The van der Waals surface area contributed by atoms with Gasteiger partial charge in [0.2, 0.25) is 0 Å². The second-order valence-electron chi connectivity index (χ2n) is 9.02. The third-order valence-electron chi connectivity index (χ3n) is 5.92. The number of nitrogens with one attached hydrogen (secondary N) is 1. The topological polar surface area (TPSA) is 38.3 Å². The number of carbonyl (C=O) groups is 1. The van der Waals surface area contributed by atoms with E-state index in [1.54, 1.807) is 0 Å². The van der Waals surface area contributed by atoms with Crippen LogP contribution in [0.2, 0.25) is 0 Å². The highest BCUT2D eigenvalue weighted by atomic mass is 79.9. The normalized spacial score (nSPS) is 12.0. The maximum absolute atomic E-state index is 12.3. The van der Waals surface area contributed by atoms with E-state index in [9.17, 15) is 4.79 Å². The first-order valence-corrected chi connectivity index (χ1v) is 13.5. The van der Waals surface area contributed by atoms with Crippen molar-refractivity contribution in [1.82, 2.24) is 5.32 Å².